The van der Waals surface area contributed by atoms with E-state index in [4.69, 9.17) is 0 Å². The fourth-order valence-electron chi connectivity index (χ4n) is 0.659. The van der Waals surface area contributed by atoms with Crippen molar-refractivity contribution in [2.75, 3.05) is 0 Å². The molecule has 0 aliphatic heterocycles. The summed E-state index contributed by atoms with van der Waals surface area (Å²) >= 11 is 4.22. The lowest BCUT2D eigenvalue weighted by Crippen LogP contribution is -1.93. The second kappa shape index (κ2) is 3.05. The summed E-state index contributed by atoms with van der Waals surface area (Å²) in [7, 11) is 0. The van der Waals surface area contributed by atoms with Crippen molar-refractivity contribution in [1.82, 2.24) is 15.0 Å². The molecule has 1 heterocycles. The Balaban J connectivity index is 2.78. The molecule has 0 saturated heterocycles. The lowest BCUT2D eigenvalue weighted by molar-refractivity contribution is 0.626. The van der Waals surface area contributed by atoms with Gasteiger partial charge in [0.25, 0.3) is 0 Å². The first-order chi connectivity index (χ1) is 4.74. The summed E-state index contributed by atoms with van der Waals surface area (Å²) in [6, 6.07) is 0. The van der Waals surface area contributed by atoms with Gasteiger partial charge in [-0.3, -0.25) is 4.68 Å². The zero-order chi connectivity index (χ0) is 7.56. The maximum Gasteiger partial charge on any atom is 0.0951 e. The molecule has 3 nitrogen and oxygen atoms in total. The molecule has 1 atom stereocenters. The van der Waals surface area contributed by atoms with Gasteiger partial charge in [0.2, 0.25) is 0 Å². The van der Waals surface area contributed by atoms with Crippen LogP contribution in [-0.2, 0) is 6.54 Å². The summed E-state index contributed by atoms with van der Waals surface area (Å²) < 4.78 is 1.79. The van der Waals surface area contributed by atoms with Crippen LogP contribution < -0.4 is 0 Å². The number of rotatable bonds is 2. The quantitative estimate of drug-likeness (QED) is 0.656. The Kier molecular flexibility index (Phi) is 2.32. The molecule has 0 aliphatic rings. The molecule has 0 amide bonds. The lowest BCUT2D eigenvalue weighted by atomic mass is 10.4. The van der Waals surface area contributed by atoms with Gasteiger partial charge in [-0.25, -0.2) is 0 Å². The first-order valence-corrected chi connectivity index (χ1v) is 3.83. The van der Waals surface area contributed by atoms with E-state index < -0.39 is 0 Å². The molecule has 0 aromatic carbocycles. The minimum atomic E-state index is 0.181. The first-order valence-electron chi connectivity index (χ1n) is 3.32. The third-order valence-electron chi connectivity index (χ3n) is 1.31. The highest BCUT2D eigenvalue weighted by molar-refractivity contribution is 7.80. The zero-order valence-electron chi connectivity index (χ0n) is 6.15. The van der Waals surface area contributed by atoms with Gasteiger partial charge in [-0.1, -0.05) is 5.21 Å². The lowest BCUT2D eigenvalue weighted by Gasteiger charge is -1.93. The van der Waals surface area contributed by atoms with Crippen molar-refractivity contribution in [2.24, 2.45) is 0 Å². The van der Waals surface area contributed by atoms with E-state index in [1.807, 2.05) is 20.0 Å². The maximum absolute atomic E-state index is 4.22. The van der Waals surface area contributed by atoms with Crippen molar-refractivity contribution in [2.45, 2.75) is 25.6 Å². The summed E-state index contributed by atoms with van der Waals surface area (Å²) in [4.78, 5) is 0. The highest BCUT2D eigenvalue weighted by atomic mass is 32.1. The second-order valence-electron chi connectivity index (χ2n) is 2.18. The van der Waals surface area contributed by atoms with E-state index in [0.717, 1.165) is 12.2 Å². The van der Waals surface area contributed by atoms with Crippen LogP contribution >= 0.6 is 12.6 Å². The Hall–Kier alpha value is -0.510. The van der Waals surface area contributed by atoms with Crippen LogP contribution in [-0.4, -0.2) is 15.0 Å². The van der Waals surface area contributed by atoms with Gasteiger partial charge in [-0.05, 0) is 13.8 Å². The van der Waals surface area contributed by atoms with E-state index in [2.05, 4.69) is 22.9 Å². The van der Waals surface area contributed by atoms with Crippen molar-refractivity contribution in [3.05, 3.63) is 11.9 Å². The second-order valence-corrected chi connectivity index (χ2v) is 2.95. The number of aryl methyl sites for hydroxylation is 1. The molecule has 4 heteroatoms. The van der Waals surface area contributed by atoms with Crippen LogP contribution in [0.25, 0.3) is 0 Å². The van der Waals surface area contributed by atoms with Gasteiger partial charge in [-0.2, -0.15) is 12.6 Å². The highest BCUT2D eigenvalue weighted by Crippen LogP contribution is 2.14. The zero-order valence-corrected chi connectivity index (χ0v) is 7.05. The fourth-order valence-corrected chi connectivity index (χ4v) is 0.778. The SMILES string of the molecule is CCn1cc(C(C)S)nn1. The fraction of sp³-hybridized carbons (Fsp3) is 0.667. The Bertz CT molecular complexity index is 207. The maximum atomic E-state index is 4.22. The standard InChI is InChI=1S/C6H11N3S/c1-3-9-4-6(5(2)10)7-8-9/h4-5,10H,3H2,1-2H3. The van der Waals surface area contributed by atoms with Gasteiger partial charge < -0.3 is 0 Å². The summed E-state index contributed by atoms with van der Waals surface area (Å²) in [5.41, 5.74) is 0.935. The normalized spacial score (nSPS) is 13.5. The van der Waals surface area contributed by atoms with Gasteiger partial charge in [0.15, 0.2) is 0 Å². The minimum Gasteiger partial charge on any atom is -0.253 e. The molecule has 0 aliphatic carbocycles. The predicted octanol–water partition coefficient (Wildman–Crippen LogP) is 1.29. The van der Waals surface area contributed by atoms with E-state index in [0.29, 0.717) is 0 Å². The van der Waals surface area contributed by atoms with Crippen LogP contribution in [0.2, 0.25) is 0 Å². The number of thiol groups is 1. The monoisotopic (exact) mass is 157 g/mol. The number of aromatic nitrogens is 3. The average molecular weight is 157 g/mol. The predicted molar refractivity (Wildman–Crippen MR) is 43.1 cm³/mol. The van der Waals surface area contributed by atoms with E-state index >= 15 is 0 Å². The molecule has 0 radical (unpaired) electrons. The molecule has 1 rings (SSSR count). The summed E-state index contributed by atoms with van der Waals surface area (Å²) in [6.07, 6.45) is 1.91. The van der Waals surface area contributed by atoms with E-state index in [1.54, 1.807) is 4.68 Å². The highest BCUT2D eigenvalue weighted by Gasteiger charge is 2.03. The molecule has 0 spiro atoms. The molecule has 1 unspecified atom stereocenters. The largest absolute Gasteiger partial charge is 0.253 e. The van der Waals surface area contributed by atoms with Gasteiger partial charge in [0.1, 0.15) is 0 Å². The van der Waals surface area contributed by atoms with Gasteiger partial charge in [-0.15, -0.1) is 5.10 Å². The smallest absolute Gasteiger partial charge is 0.0951 e. The molecule has 0 fully saturated rings. The molecule has 1 aromatic rings. The van der Waals surface area contributed by atoms with Crippen molar-refractivity contribution in [3.63, 3.8) is 0 Å². The van der Waals surface area contributed by atoms with Crippen LogP contribution in [0.5, 0.6) is 0 Å². The summed E-state index contributed by atoms with van der Waals surface area (Å²) in [5, 5.41) is 7.98. The Morgan fingerprint density at radius 1 is 1.80 bits per heavy atom. The molecule has 10 heavy (non-hydrogen) atoms. The average Bonchev–Trinajstić information content (AvgIpc) is 2.34. The molecular weight excluding hydrogens is 146 g/mol. The molecular formula is C6H11N3S. The van der Waals surface area contributed by atoms with E-state index in [9.17, 15) is 0 Å². The molecule has 1 aromatic heterocycles. The van der Waals surface area contributed by atoms with Gasteiger partial charge in [0, 0.05) is 18.0 Å². The minimum absolute atomic E-state index is 0.181. The summed E-state index contributed by atoms with van der Waals surface area (Å²) in [5.74, 6) is 0. The van der Waals surface area contributed by atoms with Crippen molar-refractivity contribution < 1.29 is 0 Å². The van der Waals surface area contributed by atoms with Crippen LogP contribution in [0.3, 0.4) is 0 Å². The van der Waals surface area contributed by atoms with Crippen LogP contribution in [0.4, 0.5) is 0 Å². The Labute approximate surface area is 65.8 Å². The number of nitrogens with zero attached hydrogens (tertiary/aromatic N) is 3. The van der Waals surface area contributed by atoms with E-state index in [-0.39, 0.29) is 5.25 Å². The van der Waals surface area contributed by atoms with Crippen molar-refractivity contribution >= 4 is 12.6 Å². The van der Waals surface area contributed by atoms with Crippen molar-refractivity contribution in [3.8, 4) is 0 Å². The van der Waals surface area contributed by atoms with Crippen LogP contribution in [0.15, 0.2) is 6.20 Å². The van der Waals surface area contributed by atoms with Crippen molar-refractivity contribution in [1.29, 1.82) is 0 Å². The van der Waals surface area contributed by atoms with Gasteiger partial charge in [0.05, 0.1) is 5.69 Å². The number of hydrogen-bond donors (Lipinski definition) is 1. The van der Waals surface area contributed by atoms with Crippen LogP contribution in [0, 0.1) is 0 Å². The topological polar surface area (TPSA) is 30.7 Å². The van der Waals surface area contributed by atoms with E-state index in [1.165, 1.54) is 0 Å². The Morgan fingerprint density at radius 3 is 2.80 bits per heavy atom. The summed E-state index contributed by atoms with van der Waals surface area (Å²) in [6.45, 7) is 4.88. The molecule has 0 bridgehead atoms. The van der Waals surface area contributed by atoms with Gasteiger partial charge >= 0.3 is 0 Å². The number of hydrogen-bond acceptors (Lipinski definition) is 3. The molecule has 56 valence electrons. The van der Waals surface area contributed by atoms with Crippen LogP contribution in [0.1, 0.15) is 24.8 Å². The first kappa shape index (κ1) is 7.60. The third-order valence-corrected chi connectivity index (χ3v) is 1.57. The Morgan fingerprint density at radius 2 is 2.50 bits per heavy atom. The molecule has 0 N–H and O–H groups in total. The third kappa shape index (κ3) is 1.50. The molecule has 0 saturated carbocycles.